The van der Waals surface area contributed by atoms with Crippen LogP contribution in [0.15, 0.2) is 60.0 Å². The Morgan fingerprint density at radius 3 is 2.48 bits per heavy atom. The van der Waals surface area contributed by atoms with Crippen molar-refractivity contribution < 1.29 is 31.1 Å². The molecular formula is C22H20F3N3O4S. The Morgan fingerprint density at radius 1 is 1.12 bits per heavy atom. The molecule has 1 aliphatic heterocycles. The van der Waals surface area contributed by atoms with Gasteiger partial charge in [-0.15, -0.1) is 0 Å². The number of aromatic nitrogens is 2. The highest BCUT2D eigenvalue weighted by atomic mass is 32.2. The lowest BCUT2D eigenvalue weighted by molar-refractivity contribution is -0.189. The van der Waals surface area contributed by atoms with Gasteiger partial charge in [-0.2, -0.15) is 13.2 Å². The molecule has 7 nitrogen and oxygen atoms in total. The molecule has 11 heteroatoms. The summed E-state index contributed by atoms with van der Waals surface area (Å²) in [5.41, 5.74) is 2.37. The zero-order valence-corrected chi connectivity index (χ0v) is 18.5. The van der Waals surface area contributed by atoms with E-state index >= 15 is 0 Å². The highest BCUT2D eigenvalue weighted by molar-refractivity contribution is 7.90. The SMILES string of the molecule is C[C@H](Oc1ccc(S(C)(=O)=O)cc1C(=O)N1Cc2ccc(-n3ccnc3)cc2C1)C(F)(F)F. The van der Waals surface area contributed by atoms with E-state index in [9.17, 15) is 26.4 Å². The molecule has 174 valence electrons. The van der Waals surface area contributed by atoms with E-state index < -0.39 is 28.0 Å². The van der Waals surface area contributed by atoms with Crippen molar-refractivity contribution in [1.82, 2.24) is 14.5 Å². The average Bonchev–Trinajstić information content (AvgIpc) is 3.41. The molecule has 4 rings (SSSR count). The second-order valence-electron chi connectivity index (χ2n) is 7.82. The monoisotopic (exact) mass is 479 g/mol. The van der Waals surface area contributed by atoms with Gasteiger partial charge in [-0.05, 0) is 48.4 Å². The molecule has 1 amide bonds. The van der Waals surface area contributed by atoms with Gasteiger partial charge in [-0.1, -0.05) is 6.07 Å². The Bertz CT molecular complexity index is 1300. The fourth-order valence-corrected chi connectivity index (χ4v) is 4.18. The number of fused-ring (bicyclic) bond motifs is 1. The van der Waals surface area contributed by atoms with Crippen molar-refractivity contribution in [2.45, 2.75) is 37.2 Å². The molecule has 3 aromatic rings. The van der Waals surface area contributed by atoms with Crippen molar-refractivity contribution in [3.63, 3.8) is 0 Å². The summed E-state index contributed by atoms with van der Waals surface area (Å²) >= 11 is 0. The number of imidazole rings is 1. The van der Waals surface area contributed by atoms with Gasteiger partial charge in [0, 0.05) is 37.4 Å². The Hall–Kier alpha value is -3.34. The maximum absolute atomic E-state index is 13.3. The van der Waals surface area contributed by atoms with Gasteiger partial charge in [0.25, 0.3) is 5.91 Å². The van der Waals surface area contributed by atoms with Crippen LogP contribution in [-0.2, 0) is 22.9 Å². The lowest BCUT2D eigenvalue weighted by Crippen LogP contribution is -2.32. The van der Waals surface area contributed by atoms with Crippen LogP contribution in [0.4, 0.5) is 13.2 Å². The molecule has 0 bridgehead atoms. The second-order valence-corrected chi connectivity index (χ2v) is 9.83. The molecule has 0 saturated heterocycles. The van der Waals surface area contributed by atoms with Gasteiger partial charge in [0.1, 0.15) is 5.75 Å². The zero-order chi connectivity index (χ0) is 24.0. The van der Waals surface area contributed by atoms with E-state index in [2.05, 4.69) is 4.98 Å². The number of rotatable bonds is 5. The van der Waals surface area contributed by atoms with Gasteiger partial charge < -0.3 is 14.2 Å². The smallest absolute Gasteiger partial charge is 0.425 e. The van der Waals surface area contributed by atoms with Crippen LogP contribution < -0.4 is 4.74 Å². The summed E-state index contributed by atoms with van der Waals surface area (Å²) in [6, 6.07) is 8.93. The number of benzene rings is 2. The fraction of sp³-hybridized carbons (Fsp3) is 0.273. The van der Waals surface area contributed by atoms with Crippen LogP contribution in [0.5, 0.6) is 5.75 Å². The van der Waals surface area contributed by atoms with Crippen molar-refractivity contribution >= 4 is 15.7 Å². The normalized spacial score (nSPS) is 14.8. The number of sulfone groups is 1. The van der Waals surface area contributed by atoms with E-state index in [1.807, 2.05) is 22.8 Å². The third-order valence-corrected chi connectivity index (χ3v) is 6.49. The minimum Gasteiger partial charge on any atom is -0.480 e. The van der Waals surface area contributed by atoms with Crippen LogP contribution in [0.25, 0.3) is 5.69 Å². The first-order chi connectivity index (χ1) is 15.4. The summed E-state index contributed by atoms with van der Waals surface area (Å²) in [6.07, 6.45) is -0.811. The Balaban J connectivity index is 1.66. The number of carbonyl (C=O) groups is 1. The van der Waals surface area contributed by atoms with Gasteiger partial charge >= 0.3 is 6.18 Å². The largest absolute Gasteiger partial charge is 0.480 e. The number of ether oxygens (including phenoxy) is 1. The number of alkyl halides is 3. The van der Waals surface area contributed by atoms with Crippen LogP contribution in [0.1, 0.15) is 28.4 Å². The molecule has 1 aliphatic rings. The lowest BCUT2D eigenvalue weighted by Gasteiger charge is -2.22. The second kappa shape index (κ2) is 8.22. The fourth-order valence-electron chi connectivity index (χ4n) is 3.53. The summed E-state index contributed by atoms with van der Waals surface area (Å²) < 4.78 is 70.0. The molecule has 0 N–H and O–H groups in total. The standard InChI is InChI=1S/C22H20F3N3O4S/c1-14(22(23,24)25)32-20-6-5-18(33(2,30)31)10-19(20)21(29)28-11-15-3-4-17(9-16(15)12-28)27-8-7-26-13-27/h3-10,13-14H,11-12H2,1-2H3/t14-/m0/s1. The van der Waals surface area contributed by atoms with E-state index in [0.717, 1.165) is 48.2 Å². The van der Waals surface area contributed by atoms with Crippen molar-refractivity contribution in [3.05, 3.63) is 71.8 Å². The van der Waals surface area contributed by atoms with E-state index in [1.165, 1.54) is 4.90 Å². The predicted molar refractivity (Wildman–Crippen MR) is 113 cm³/mol. The van der Waals surface area contributed by atoms with E-state index in [4.69, 9.17) is 4.74 Å². The molecular weight excluding hydrogens is 459 g/mol. The van der Waals surface area contributed by atoms with Crippen LogP contribution in [0, 0.1) is 0 Å². The van der Waals surface area contributed by atoms with Crippen molar-refractivity contribution in [2.24, 2.45) is 0 Å². The van der Waals surface area contributed by atoms with Gasteiger partial charge in [0.2, 0.25) is 0 Å². The molecule has 0 aliphatic carbocycles. The van der Waals surface area contributed by atoms with Crippen molar-refractivity contribution in [3.8, 4) is 11.4 Å². The molecule has 33 heavy (non-hydrogen) atoms. The third kappa shape index (κ3) is 4.72. The first kappa shape index (κ1) is 22.8. The van der Waals surface area contributed by atoms with Crippen LogP contribution in [-0.4, -0.2) is 47.3 Å². The molecule has 0 spiro atoms. The highest BCUT2D eigenvalue weighted by Gasteiger charge is 2.39. The van der Waals surface area contributed by atoms with E-state index in [-0.39, 0.29) is 29.3 Å². The number of carbonyl (C=O) groups excluding carboxylic acids is 1. The van der Waals surface area contributed by atoms with Gasteiger partial charge in [-0.25, -0.2) is 13.4 Å². The predicted octanol–water partition coefficient (Wildman–Crippen LogP) is 3.76. The van der Waals surface area contributed by atoms with Crippen LogP contribution >= 0.6 is 0 Å². The molecule has 0 fully saturated rings. The number of nitrogens with zero attached hydrogens (tertiary/aromatic N) is 3. The Labute approximate surface area is 188 Å². The molecule has 2 heterocycles. The number of amides is 1. The molecule has 1 aromatic heterocycles. The Morgan fingerprint density at radius 2 is 1.85 bits per heavy atom. The van der Waals surface area contributed by atoms with E-state index in [0.29, 0.717) is 0 Å². The lowest BCUT2D eigenvalue weighted by atomic mass is 10.1. The van der Waals surface area contributed by atoms with E-state index in [1.54, 1.807) is 18.7 Å². The first-order valence-corrected chi connectivity index (χ1v) is 11.8. The number of hydrogen-bond acceptors (Lipinski definition) is 5. The summed E-state index contributed by atoms with van der Waals surface area (Å²) in [4.78, 5) is 18.6. The third-order valence-electron chi connectivity index (χ3n) is 5.38. The molecule has 1 atom stereocenters. The molecule has 0 saturated carbocycles. The average molecular weight is 479 g/mol. The Kier molecular flexibility index (Phi) is 5.69. The topological polar surface area (TPSA) is 81.5 Å². The van der Waals surface area contributed by atoms with Crippen molar-refractivity contribution in [2.75, 3.05) is 6.26 Å². The molecule has 0 radical (unpaired) electrons. The molecule has 0 unspecified atom stereocenters. The minimum atomic E-state index is -4.65. The minimum absolute atomic E-state index is 0.183. The summed E-state index contributed by atoms with van der Waals surface area (Å²) in [6.45, 7) is 1.27. The number of halogens is 3. The number of hydrogen-bond donors (Lipinski definition) is 0. The summed E-state index contributed by atoms with van der Waals surface area (Å²) in [5.74, 6) is -0.947. The maximum Gasteiger partial charge on any atom is 0.425 e. The molecule has 2 aromatic carbocycles. The zero-order valence-electron chi connectivity index (χ0n) is 17.7. The van der Waals surface area contributed by atoms with Gasteiger partial charge in [-0.3, -0.25) is 4.79 Å². The first-order valence-electron chi connectivity index (χ1n) is 9.90. The highest BCUT2D eigenvalue weighted by Crippen LogP contribution is 2.32. The summed E-state index contributed by atoms with van der Waals surface area (Å²) in [7, 11) is -3.70. The van der Waals surface area contributed by atoms with Crippen LogP contribution in [0.2, 0.25) is 0 Å². The van der Waals surface area contributed by atoms with Gasteiger partial charge in [0.05, 0.1) is 16.8 Å². The summed E-state index contributed by atoms with van der Waals surface area (Å²) in [5, 5.41) is 0. The van der Waals surface area contributed by atoms with Crippen molar-refractivity contribution in [1.29, 1.82) is 0 Å². The maximum atomic E-state index is 13.3. The quantitative estimate of drug-likeness (QED) is 0.557. The van der Waals surface area contributed by atoms with Crippen LogP contribution in [0.3, 0.4) is 0 Å². The van der Waals surface area contributed by atoms with Gasteiger partial charge in [0.15, 0.2) is 15.9 Å².